The van der Waals surface area contributed by atoms with Gasteiger partial charge in [0.1, 0.15) is 22.6 Å². The number of nitrogens with zero attached hydrogens (tertiary/aromatic N) is 1. The second-order valence-electron chi connectivity index (χ2n) is 4.98. The number of primary amides is 1. The number of nitrogens with two attached hydrogens (primary N) is 1. The van der Waals surface area contributed by atoms with Crippen LogP contribution in [0, 0.1) is 0 Å². The lowest BCUT2D eigenvalue weighted by molar-refractivity contribution is 0.0996. The van der Waals surface area contributed by atoms with Gasteiger partial charge in [-0.05, 0) is 36.4 Å². The number of aromatic hydroxyl groups is 1. The molecule has 0 bridgehead atoms. The number of hydrogen-bond donors (Lipinski definition) is 2. The highest BCUT2D eigenvalue weighted by Gasteiger charge is 2.10. The zero-order valence-corrected chi connectivity index (χ0v) is 13.4. The van der Waals surface area contributed by atoms with Crippen molar-refractivity contribution in [3.8, 4) is 11.5 Å². The molecular formula is C17H13ClN2O4. The van der Waals surface area contributed by atoms with Crippen molar-refractivity contribution in [1.82, 2.24) is 0 Å². The summed E-state index contributed by atoms with van der Waals surface area (Å²) in [4.78, 5) is 16.0. The summed E-state index contributed by atoms with van der Waals surface area (Å²) in [6.07, 6.45) is 0. The van der Waals surface area contributed by atoms with Crippen molar-refractivity contribution in [2.75, 3.05) is 7.11 Å². The lowest BCUT2D eigenvalue weighted by Gasteiger charge is -2.04. The molecule has 0 fully saturated rings. The van der Waals surface area contributed by atoms with Crippen LogP contribution in [0.5, 0.6) is 11.5 Å². The molecule has 0 unspecified atom stereocenters. The number of carbonyl (C=O) groups excluding carboxylic acids is 1. The number of methoxy groups -OCH3 is 1. The third-order valence-corrected chi connectivity index (χ3v) is 3.66. The summed E-state index contributed by atoms with van der Waals surface area (Å²) in [5, 5.41) is 10.6. The number of amides is 1. The van der Waals surface area contributed by atoms with Crippen LogP contribution in [0.2, 0.25) is 5.02 Å². The Bertz CT molecular complexity index is 1010. The van der Waals surface area contributed by atoms with E-state index in [2.05, 4.69) is 4.99 Å². The number of benzene rings is 2. The highest BCUT2D eigenvalue weighted by atomic mass is 35.5. The van der Waals surface area contributed by atoms with Gasteiger partial charge in [0.2, 0.25) is 5.55 Å². The van der Waals surface area contributed by atoms with Crippen LogP contribution in [-0.4, -0.2) is 18.1 Å². The van der Waals surface area contributed by atoms with Gasteiger partial charge in [-0.1, -0.05) is 11.6 Å². The predicted octanol–water partition coefficient (Wildman–Crippen LogP) is 3.13. The van der Waals surface area contributed by atoms with E-state index in [1.54, 1.807) is 30.3 Å². The van der Waals surface area contributed by atoms with Gasteiger partial charge in [0.15, 0.2) is 0 Å². The fourth-order valence-corrected chi connectivity index (χ4v) is 2.46. The van der Waals surface area contributed by atoms with Crippen LogP contribution in [0.15, 0.2) is 51.9 Å². The minimum atomic E-state index is -0.674. The smallest absolute Gasteiger partial charge is 0.254 e. The Hall–Kier alpha value is -2.99. The van der Waals surface area contributed by atoms with Crippen LogP contribution in [0.25, 0.3) is 11.0 Å². The standard InChI is InChI=1S/C17H13ClN2O4/c1-23-14-5-3-10(7-13(14)18)20-17-12(16(19)22)6-9-2-4-11(21)8-15(9)24-17/h2-8,21H,1H3,(H2,19,22). The van der Waals surface area contributed by atoms with E-state index in [-0.39, 0.29) is 16.9 Å². The predicted molar refractivity (Wildman–Crippen MR) is 89.6 cm³/mol. The first-order valence-electron chi connectivity index (χ1n) is 6.93. The van der Waals surface area contributed by atoms with Gasteiger partial charge in [-0.3, -0.25) is 4.79 Å². The molecule has 0 saturated heterocycles. The molecule has 1 heterocycles. The van der Waals surface area contributed by atoms with Gasteiger partial charge in [-0.25, -0.2) is 4.99 Å². The molecule has 122 valence electrons. The van der Waals surface area contributed by atoms with Gasteiger partial charge in [0, 0.05) is 11.5 Å². The molecule has 0 saturated carbocycles. The van der Waals surface area contributed by atoms with Crippen molar-refractivity contribution in [2.45, 2.75) is 0 Å². The van der Waals surface area contributed by atoms with Gasteiger partial charge in [-0.2, -0.15) is 0 Å². The number of fused-ring (bicyclic) bond motifs is 1. The van der Waals surface area contributed by atoms with Crippen molar-refractivity contribution in [2.24, 2.45) is 10.7 Å². The van der Waals surface area contributed by atoms with Gasteiger partial charge >= 0.3 is 0 Å². The van der Waals surface area contributed by atoms with Crippen LogP contribution in [0.3, 0.4) is 0 Å². The molecule has 0 spiro atoms. The summed E-state index contributed by atoms with van der Waals surface area (Å²) >= 11 is 6.07. The van der Waals surface area contributed by atoms with Crippen molar-refractivity contribution < 1.29 is 19.1 Å². The van der Waals surface area contributed by atoms with E-state index in [1.165, 1.54) is 19.2 Å². The second-order valence-corrected chi connectivity index (χ2v) is 5.39. The maximum absolute atomic E-state index is 11.7. The first-order valence-corrected chi connectivity index (χ1v) is 7.30. The summed E-state index contributed by atoms with van der Waals surface area (Å²) in [5.74, 6) is -0.130. The Kier molecular flexibility index (Phi) is 4.14. The van der Waals surface area contributed by atoms with Crippen LogP contribution >= 0.6 is 11.6 Å². The second kappa shape index (κ2) is 6.25. The zero-order chi connectivity index (χ0) is 17.3. The monoisotopic (exact) mass is 344 g/mol. The maximum Gasteiger partial charge on any atom is 0.254 e. The molecule has 7 heteroatoms. The van der Waals surface area contributed by atoms with Crippen LogP contribution in [0.1, 0.15) is 10.4 Å². The van der Waals surface area contributed by atoms with Crippen molar-refractivity contribution in [3.63, 3.8) is 0 Å². The van der Waals surface area contributed by atoms with Crippen molar-refractivity contribution in [3.05, 3.63) is 58.6 Å². The molecular weight excluding hydrogens is 332 g/mol. The zero-order valence-electron chi connectivity index (χ0n) is 12.6. The number of halogens is 1. The fourth-order valence-electron chi connectivity index (χ4n) is 2.21. The molecule has 24 heavy (non-hydrogen) atoms. The third-order valence-electron chi connectivity index (χ3n) is 3.37. The Labute approximate surface area is 141 Å². The molecule has 0 aliphatic rings. The molecule has 0 radical (unpaired) electrons. The van der Waals surface area contributed by atoms with Gasteiger partial charge < -0.3 is 20.0 Å². The number of carbonyl (C=O) groups is 1. The molecule has 0 aliphatic carbocycles. The van der Waals surface area contributed by atoms with Gasteiger partial charge in [-0.15, -0.1) is 0 Å². The number of rotatable bonds is 3. The number of phenols is 1. The summed E-state index contributed by atoms with van der Waals surface area (Å²) in [6, 6.07) is 11.0. The normalized spacial score (nSPS) is 11.7. The molecule has 6 nitrogen and oxygen atoms in total. The Morgan fingerprint density at radius 1 is 1.25 bits per heavy atom. The van der Waals surface area contributed by atoms with Gasteiger partial charge in [0.05, 0.1) is 17.8 Å². The minimum Gasteiger partial charge on any atom is -0.508 e. The summed E-state index contributed by atoms with van der Waals surface area (Å²) < 4.78 is 10.7. The van der Waals surface area contributed by atoms with E-state index >= 15 is 0 Å². The lowest BCUT2D eigenvalue weighted by atomic mass is 10.1. The summed E-state index contributed by atoms with van der Waals surface area (Å²) in [6.45, 7) is 0. The molecule has 2 aromatic carbocycles. The first-order chi connectivity index (χ1) is 11.5. The molecule has 1 amide bonds. The summed E-state index contributed by atoms with van der Waals surface area (Å²) in [5.41, 5.74) is 6.40. The van der Waals surface area contributed by atoms with Crippen LogP contribution in [0.4, 0.5) is 5.69 Å². The molecule has 3 rings (SSSR count). The van der Waals surface area contributed by atoms with E-state index in [4.69, 9.17) is 26.5 Å². The SMILES string of the molecule is COc1ccc(N=c2oc3cc(O)ccc3cc2C(N)=O)cc1Cl. The Morgan fingerprint density at radius 3 is 2.71 bits per heavy atom. The highest BCUT2D eigenvalue weighted by Crippen LogP contribution is 2.28. The first kappa shape index (κ1) is 15.9. The quantitative estimate of drug-likeness (QED) is 0.762. The average Bonchev–Trinajstić information content (AvgIpc) is 2.54. The van der Waals surface area contributed by atoms with E-state index < -0.39 is 5.91 Å². The van der Waals surface area contributed by atoms with Crippen molar-refractivity contribution >= 4 is 34.2 Å². The lowest BCUT2D eigenvalue weighted by Crippen LogP contribution is -2.21. The maximum atomic E-state index is 11.7. The minimum absolute atomic E-state index is 0.0295. The average molecular weight is 345 g/mol. The molecule has 0 atom stereocenters. The van der Waals surface area contributed by atoms with Gasteiger partial charge in [0.25, 0.3) is 5.91 Å². The summed E-state index contributed by atoms with van der Waals surface area (Å²) in [7, 11) is 1.51. The Balaban J connectivity index is 2.24. The number of ether oxygens (including phenoxy) is 1. The van der Waals surface area contributed by atoms with E-state index in [0.717, 1.165) is 0 Å². The molecule has 0 aliphatic heterocycles. The number of hydrogen-bond acceptors (Lipinski definition) is 5. The largest absolute Gasteiger partial charge is 0.508 e. The van der Waals surface area contributed by atoms with E-state index in [0.29, 0.717) is 27.4 Å². The van der Waals surface area contributed by atoms with E-state index in [9.17, 15) is 9.90 Å². The fraction of sp³-hybridized carbons (Fsp3) is 0.0588. The molecule has 3 N–H and O–H groups in total. The topological polar surface area (TPSA) is 98.1 Å². The number of phenolic OH excluding ortho intramolecular Hbond substituents is 1. The van der Waals surface area contributed by atoms with Crippen LogP contribution < -0.4 is 16.0 Å². The molecule has 3 aromatic rings. The Morgan fingerprint density at radius 2 is 2.04 bits per heavy atom. The van der Waals surface area contributed by atoms with Crippen molar-refractivity contribution in [1.29, 1.82) is 0 Å². The molecule has 1 aromatic heterocycles. The highest BCUT2D eigenvalue weighted by molar-refractivity contribution is 6.32. The van der Waals surface area contributed by atoms with Crippen LogP contribution in [-0.2, 0) is 0 Å². The third kappa shape index (κ3) is 3.04. The van der Waals surface area contributed by atoms with E-state index in [1.807, 2.05) is 0 Å².